The average molecular weight is 346 g/mol. The van der Waals surface area contributed by atoms with Crippen molar-refractivity contribution in [3.63, 3.8) is 0 Å². The van der Waals surface area contributed by atoms with E-state index in [0.29, 0.717) is 6.42 Å². The number of carbonyl (C=O) groups excluding carboxylic acids is 1. The highest BCUT2D eigenvalue weighted by atomic mass is 19.1. The van der Waals surface area contributed by atoms with Gasteiger partial charge in [-0.1, -0.05) is 24.3 Å². The Balaban J connectivity index is 2.20. The third-order valence-corrected chi connectivity index (χ3v) is 3.87. The molecule has 134 valence electrons. The maximum atomic E-state index is 13.1. The van der Waals surface area contributed by atoms with Crippen LogP contribution in [-0.4, -0.2) is 32.8 Å². The van der Waals surface area contributed by atoms with Crippen LogP contribution < -0.4 is 15.8 Å². The van der Waals surface area contributed by atoms with Crippen LogP contribution in [0.5, 0.6) is 5.75 Å². The summed E-state index contributed by atoms with van der Waals surface area (Å²) >= 11 is 0. The highest BCUT2D eigenvalue weighted by Crippen LogP contribution is 2.22. The maximum absolute atomic E-state index is 13.1. The van der Waals surface area contributed by atoms with E-state index in [2.05, 4.69) is 5.32 Å². The molecule has 0 radical (unpaired) electrons. The largest absolute Gasteiger partial charge is 0.497 e. The van der Waals surface area contributed by atoms with E-state index in [9.17, 15) is 9.18 Å². The Labute approximate surface area is 146 Å². The first kappa shape index (κ1) is 18.9. The van der Waals surface area contributed by atoms with Crippen LogP contribution in [0.3, 0.4) is 0 Å². The summed E-state index contributed by atoms with van der Waals surface area (Å²) in [5.41, 5.74) is 7.62. The minimum Gasteiger partial charge on any atom is -0.497 e. The second-order valence-electron chi connectivity index (χ2n) is 5.73. The summed E-state index contributed by atoms with van der Waals surface area (Å²) in [5, 5.41) is 2.94. The van der Waals surface area contributed by atoms with Crippen molar-refractivity contribution in [1.29, 1.82) is 0 Å². The lowest BCUT2D eigenvalue weighted by atomic mass is 9.98. The van der Waals surface area contributed by atoms with Gasteiger partial charge >= 0.3 is 0 Å². The molecule has 0 aliphatic rings. The van der Waals surface area contributed by atoms with Crippen molar-refractivity contribution >= 4 is 5.91 Å². The first-order chi connectivity index (χ1) is 12.0. The Morgan fingerprint density at radius 2 is 1.76 bits per heavy atom. The van der Waals surface area contributed by atoms with Gasteiger partial charge in [-0.25, -0.2) is 4.39 Å². The summed E-state index contributed by atoms with van der Waals surface area (Å²) < 4.78 is 23.2. The van der Waals surface area contributed by atoms with Gasteiger partial charge in [0.25, 0.3) is 0 Å². The third-order valence-electron chi connectivity index (χ3n) is 3.87. The minimum atomic E-state index is -0.751. The molecule has 0 heterocycles. The third kappa shape index (κ3) is 5.55. The maximum Gasteiger partial charge on any atom is 0.239 e. The van der Waals surface area contributed by atoms with Gasteiger partial charge in [-0.15, -0.1) is 0 Å². The van der Waals surface area contributed by atoms with E-state index in [-0.39, 0.29) is 24.4 Å². The van der Waals surface area contributed by atoms with Gasteiger partial charge in [0.05, 0.1) is 19.8 Å². The van der Waals surface area contributed by atoms with Gasteiger partial charge < -0.3 is 20.5 Å². The molecule has 2 unspecified atom stereocenters. The molecule has 25 heavy (non-hydrogen) atoms. The number of nitrogens with one attached hydrogen (secondary N) is 1. The monoisotopic (exact) mass is 346 g/mol. The molecular formula is C19H23FN2O3. The van der Waals surface area contributed by atoms with Crippen LogP contribution in [0.25, 0.3) is 0 Å². The minimum absolute atomic E-state index is 0.137. The first-order valence-corrected chi connectivity index (χ1v) is 7.96. The molecule has 0 saturated carbocycles. The van der Waals surface area contributed by atoms with Crippen molar-refractivity contribution in [2.24, 2.45) is 5.73 Å². The number of nitrogens with two attached hydrogens (primary N) is 1. The molecule has 2 rings (SSSR count). The quantitative estimate of drug-likeness (QED) is 0.769. The van der Waals surface area contributed by atoms with Gasteiger partial charge in [-0.2, -0.15) is 0 Å². The molecule has 0 aliphatic carbocycles. The van der Waals surface area contributed by atoms with Crippen LogP contribution in [0.2, 0.25) is 0 Å². The molecule has 2 aromatic rings. The smallest absolute Gasteiger partial charge is 0.239 e. The van der Waals surface area contributed by atoms with Crippen LogP contribution in [0, 0.1) is 5.82 Å². The van der Waals surface area contributed by atoms with E-state index in [1.165, 1.54) is 19.2 Å². The zero-order valence-electron chi connectivity index (χ0n) is 14.4. The molecule has 5 nitrogen and oxygen atoms in total. The molecule has 0 saturated heterocycles. The molecule has 0 aliphatic heterocycles. The molecule has 1 amide bonds. The SMILES string of the molecule is COCC(N)C(=O)NC(Cc1ccc(F)cc1)c1ccc(OC)cc1. The molecule has 6 heteroatoms. The van der Waals surface area contributed by atoms with Gasteiger partial charge in [0.1, 0.15) is 17.6 Å². The molecule has 2 atom stereocenters. The average Bonchev–Trinajstić information content (AvgIpc) is 2.63. The number of rotatable bonds is 8. The topological polar surface area (TPSA) is 73.6 Å². The fraction of sp³-hybridized carbons (Fsp3) is 0.316. The standard InChI is InChI=1S/C19H23FN2O3/c1-24-12-17(21)19(23)22-18(11-13-3-7-15(20)8-4-13)14-5-9-16(25-2)10-6-14/h3-10,17-18H,11-12,21H2,1-2H3,(H,22,23). The van der Waals surface area contributed by atoms with Crippen LogP contribution >= 0.6 is 0 Å². The van der Waals surface area contributed by atoms with E-state index in [4.69, 9.17) is 15.2 Å². The summed E-state index contributed by atoms with van der Waals surface area (Å²) in [7, 11) is 3.09. The number of carbonyl (C=O) groups is 1. The van der Waals surface area contributed by atoms with E-state index in [1.807, 2.05) is 24.3 Å². The van der Waals surface area contributed by atoms with Crippen molar-refractivity contribution in [3.05, 3.63) is 65.5 Å². The molecule has 2 aromatic carbocycles. The van der Waals surface area contributed by atoms with Crippen LogP contribution in [0.15, 0.2) is 48.5 Å². The Morgan fingerprint density at radius 3 is 2.32 bits per heavy atom. The van der Waals surface area contributed by atoms with Crippen LogP contribution in [0.1, 0.15) is 17.2 Å². The van der Waals surface area contributed by atoms with Crippen molar-refractivity contribution in [2.75, 3.05) is 20.8 Å². The van der Waals surface area contributed by atoms with E-state index < -0.39 is 6.04 Å². The zero-order chi connectivity index (χ0) is 18.2. The number of halogens is 1. The second-order valence-corrected chi connectivity index (χ2v) is 5.73. The molecule has 0 bridgehead atoms. The first-order valence-electron chi connectivity index (χ1n) is 7.96. The molecule has 0 aromatic heterocycles. The van der Waals surface area contributed by atoms with Gasteiger partial charge in [0.15, 0.2) is 0 Å². The summed E-state index contributed by atoms with van der Waals surface area (Å²) in [6, 6.07) is 12.6. The van der Waals surface area contributed by atoms with Crippen LogP contribution in [-0.2, 0) is 16.0 Å². The van der Waals surface area contributed by atoms with Gasteiger partial charge in [0, 0.05) is 7.11 Å². The Morgan fingerprint density at radius 1 is 1.12 bits per heavy atom. The molecule has 3 N–H and O–H groups in total. The van der Waals surface area contributed by atoms with Gasteiger partial charge in [-0.05, 0) is 41.8 Å². The summed E-state index contributed by atoms with van der Waals surface area (Å²) in [5.74, 6) is 0.132. The molecule has 0 spiro atoms. The van der Waals surface area contributed by atoms with Crippen molar-refractivity contribution < 1.29 is 18.7 Å². The number of ether oxygens (including phenoxy) is 2. The molecular weight excluding hydrogens is 323 g/mol. The highest BCUT2D eigenvalue weighted by molar-refractivity contribution is 5.82. The van der Waals surface area contributed by atoms with E-state index >= 15 is 0 Å². The number of methoxy groups -OCH3 is 2. The molecule has 0 fully saturated rings. The predicted octanol–water partition coefficient (Wildman–Crippen LogP) is 2.21. The highest BCUT2D eigenvalue weighted by Gasteiger charge is 2.20. The van der Waals surface area contributed by atoms with E-state index in [1.54, 1.807) is 19.2 Å². The lowest BCUT2D eigenvalue weighted by molar-refractivity contribution is -0.124. The Hall–Kier alpha value is -2.44. The summed E-state index contributed by atoms with van der Waals surface area (Å²) in [6.45, 7) is 0.137. The van der Waals surface area contributed by atoms with Gasteiger partial charge in [0.2, 0.25) is 5.91 Å². The number of hydrogen-bond acceptors (Lipinski definition) is 4. The lowest BCUT2D eigenvalue weighted by Crippen LogP contribution is -2.45. The number of hydrogen-bond donors (Lipinski definition) is 2. The van der Waals surface area contributed by atoms with E-state index in [0.717, 1.165) is 16.9 Å². The summed E-state index contributed by atoms with van der Waals surface area (Å²) in [4.78, 5) is 12.3. The fourth-order valence-corrected chi connectivity index (χ4v) is 2.48. The van der Waals surface area contributed by atoms with Gasteiger partial charge in [-0.3, -0.25) is 4.79 Å². The van der Waals surface area contributed by atoms with Crippen molar-refractivity contribution in [3.8, 4) is 5.75 Å². The van der Waals surface area contributed by atoms with Crippen LogP contribution in [0.4, 0.5) is 4.39 Å². The van der Waals surface area contributed by atoms with Crippen molar-refractivity contribution in [2.45, 2.75) is 18.5 Å². The Bertz CT molecular complexity index is 674. The second kappa shape index (κ2) is 9.15. The fourth-order valence-electron chi connectivity index (χ4n) is 2.48. The normalized spacial score (nSPS) is 13.1. The lowest BCUT2D eigenvalue weighted by Gasteiger charge is -2.22. The Kier molecular flexibility index (Phi) is 6.91. The number of benzene rings is 2. The van der Waals surface area contributed by atoms with Crippen molar-refractivity contribution in [1.82, 2.24) is 5.32 Å². The predicted molar refractivity (Wildman–Crippen MR) is 93.8 cm³/mol. The zero-order valence-corrected chi connectivity index (χ0v) is 14.4. The summed E-state index contributed by atoms with van der Waals surface area (Å²) in [6.07, 6.45) is 0.512. The number of amides is 1.